The van der Waals surface area contributed by atoms with Gasteiger partial charge >= 0.3 is 0 Å². The summed E-state index contributed by atoms with van der Waals surface area (Å²) >= 11 is 0. The van der Waals surface area contributed by atoms with E-state index in [9.17, 15) is 0 Å². The summed E-state index contributed by atoms with van der Waals surface area (Å²) in [5, 5.41) is 3.64. The van der Waals surface area contributed by atoms with E-state index in [2.05, 4.69) is 36.0 Å². The van der Waals surface area contributed by atoms with Gasteiger partial charge in [0.2, 0.25) is 0 Å². The summed E-state index contributed by atoms with van der Waals surface area (Å²) in [6.45, 7) is 11.9. The molecule has 1 heterocycles. The molecule has 96 valence electrons. The molecule has 0 aliphatic carbocycles. The van der Waals surface area contributed by atoms with Crippen LogP contribution in [0.4, 0.5) is 0 Å². The highest BCUT2D eigenvalue weighted by Crippen LogP contribution is 2.00. The van der Waals surface area contributed by atoms with Crippen LogP contribution in [0.5, 0.6) is 0 Å². The Labute approximate surface area is 101 Å². The van der Waals surface area contributed by atoms with Crippen molar-refractivity contribution in [2.75, 3.05) is 46.3 Å². The molecule has 0 radical (unpaired) electrons. The first-order valence-electron chi connectivity index (χ1n) is 6.90. The normalized spacial score (nSPS) is 20.2. The standard InChI is InChI=1S/C13H29N3/c1-4-13(5-2)14-7-10-16-9-6-8-15(3)11-12-16/h13-14H,4-12H2,1-3H3. The molecule has 0 amide bonds. The van der Waals surface area contributed by atoms with Crippen LogP contribution < -0.4 is 5.32 Å². The minimum atomic E-state index is 0.717. The summed E-state index contributed by atoms with van der Waals surface area (Å²) in [5.41, 5.74) is 0. The average molecular weight is 227 g/mol. The summed E-state index contributed by atoms with van der Waals surface area (Å²) < 4.78 is 0. The van der Waals surface area contributed by atoms with E-state index < -0.39 is 0 Å². The third-order valence-corrected chi connectivity index (χ3v) is 3.66. The quantitative estimate of drug-likeness (QED) is 0.740. The number of hydrogen-bond acceptors (Lipinski definition) is 3. The molecule has 1 rings (SSSR count). The molecular formula is C13H29N3. The van der Waals surface area contributed by atoms with Crippen LogP contribution in [0, 0.1) is 0 Å². The van der Waals surface area contributed by atoms with Crippen LogP contribution in [-0.4, -0.2) is 62.2 Å². The first kappa shape index (κ1) is 13.9. The Morgan fingerprint density at radius 2 is 1.81 bits per heavy atom. The zero-order valence-electron chi connectivity index (χ0n) is 11.3. The van der Waals surface area contributed by atoms with Crippen molar-refractivity contribution in [2.24, 2.45) is 0 Å². The zero-order valence-corrected chi connectivity index (χ0v) is 11.3. The van der Waals surface area contributed by atoms with Gasteiger partial charge in [-0.05, 0) is 39.4 Å². The lowest BCUT2D eigenvalue weighted by Gasteiger charge is -2.22. The lowest BCUT2D eigenvalue weighted by Crippen LogP contribution is -2.38. The topological polar surface area (TPSA) is 18.5 Å². The maximum atomic E-state index is 3.64. The number of hydrogen-bond donors (Lipinski definition) is 1. The lowest BCUT2D eigenvalue weighted by molar-refractivity contribution is 0.270. The Kier molecular flexibility index (Phi) is 7.01. The summed E-state index contributed by atoms with van der Waals surface area (Å²) in [6, 6.07) is 0.717. The van der Waals surface area contributed by atoms with Crippen LogP contribution >= 0.6 is 0 Å². The predicted octanol–water partition coefficient (Wildman–Crippen LogP) is 1.40. The monoisotopic (exact) mass is 227 g/mol. The van der Waals surface area contributed by atoms with Crippen LogP contribution in [0.3, 0.4) is 0 Å². The molecule has 1 N–H and O–H groups in total. The maximum Gasteiger partial charge on any atom is 0.0110 e. The molecule has 16 heavy (non-hydrogen) atoms. The fourth-order valence-corrected chi connectivity index (χ4v) is 2.33. The Balaban J connectivity index is 2.12. The van der Waals surface area contributed by atoms with Gasteiger partial charge in [-0.1, -0.05) is 13.8 Å². The van der Waals surface area contributed by atoms with E-state index in [-0.39, 0.29) is 0 Å². The van der Waals surface area contributed by atoms with Gasteiger partial charge in [0, 0.05) is 32.2 Å². The second-order valence-corrected chi connectivity index (χ2v) is 4.97. The second kappa shape index (κ2) is 8.04. The number of nitrogens with one attached hydrogen (secondary N) is 1. The van der Waals surface area contributed by atoms with E-state index in [1.54, 1.807) is 0 Å². The molecule has 0 saturated carbocycles. The summed E-state index contributed by atoms with van der Waals surface area (Å²) in [5.74, 6) is 0. The zero-order chi connectivity index (χ0) is 11.8. The van der Waals surface area contributed by atoms with E-state index in [1.807, 2.05) is 0 Å². The van der Waals surface area contributed by atoms with Gasteiger partial charge in [-0.15, -0.1) is 0 Å². The summed E-state index contributed by atoms with van der Waals surface area (Å²) in [4.78, 5) is 5.03. The molecule has 0 bridgehead atoms. The van der Waals surface area contributed by atoms with E-state index >= 15 is 0 Å². The van der Waals surface area contributed by atoms with Crippen molar-refractivity contribution < 1.29 is 0 Å². The van der Waals surface area contributed by atoms with Crippen molar-refractivity contribution in [1.29, 1.82) is 0 Å². The molecular weight excluding hydrogens is 198 g/mol. The lowest BCUT2D eigenvalue weighted by atomic mass is 10.2. The van der Waals surface area contributed by atoms with Gasteiger partial charge in [0.1, 0.15) is 0 Å². The van der Waals surface area contributed by atoms with Gasteiger partial charge in [-0.2, -0.15) is 0 Å². The number of likely N-dealkylation sites (N-methyl/N-ethyl adjacent to an activating group) is 1. The van der Waals surface area contributed by atoms with Crippen molar-refractivity contribution in [3.8, 4) is 0 Å². The van der Waals surface area contributed by atoms with Crippen LogP contribution in [0.1, 0.15) is 33.1 Å². The summed E-state index contributed by atoms with van der Waals surface area (Å²) in [7, 11) is 2.23. The van der Waals surface area contributed by atoms with Gasteiger partial charge in [0.15, 0.2) is 0 Å². The molecule has 0 aromatic heterocycles. The predicted molar refractivity (Wildman–Crippen MR) is 70.9 cm³/mol. The number of nitrogens with zero attached hydrogens (tertiary/aromatic N) is 2. The van der Waals surface area contributed by atoms with Crippen molar-refractivity contribution >= 4 is 0 Å². The van der Waals surface area contributed by atoms with Crippen molar-refractivity contribution in [3.63, 3.8) is 0 Å². The maximum absolute atomic E-state index is 3.64. The van der Waals surface area contributed by atoms with Gasteiger partial charge in [-0.3, -0.25) is 0 Å². The van der Waals surface area contributed by atoms with Gasteiger partial charge in [-0.25, -0.2) is 0 Å². The average Bonchev–Trinajstić information content (AvgIpc) is 2.50. The van der Waals surface area contributed by atoms with Gasteiger partial charge < -0.3 is 15.1 Å². The summed E-state index contributed by atoms with van der Waals surface area (Å²) in [6.07, 6.45) is 3.82. The second-order valence-electron chi connectivity index (χ2n) is 4.97. The molecule has 1 aliphatic heterocycles. The van der Waals surface area contributed by atoms with Crippen molar-refractivity contribution in [3.05, 3.63) is 0 Å². The van der Waals surface area contributed by atoms with Crippen LogP contribution in [0.2, 0.25) is 0 Å². The SMILES string of the molecule is CCC(CC)NCCN1CCCN(C)CC1. The van der Waals surface area contributed by atoms with Crippen LogP contribution in [0.15, 0.2) is 0 Å². The third kappa shape index (κ3) is 5.28. The molecule has 0 spiro atoms. The van der Waals surface area contributed by atoms with Gasteiger partial charge in [0.25, 0.3) is 0 Å². The van der Waals surface area contributed by atoms with Crippen molar-refractivity contribution in [1.82, 2.24) is 15.1 Å². The van der Waals surface area contributed by atoms with E-state index in [1.165, 1.54) is 52.0 Å². The minimum Gasteiger partial charge on any atom is -0.313 e. The largest absolute Gasteiger partial charge is 0.313 e. The van der Waals surface area contributed by atoms with Crippen LogP contribution in [0.25, 0.3) is 0 Å². The van der Waals surface area contributed by atoms with E-state index in [4.69, 9.17) is 0 Å². The highest BCUT2D eigenvalue weighted by molar-refractivity contribution is 4.69. The Bertz CT molecular complexity index is 169. The highest BCUT2D eigenvalue weighted by atomic mass is 15.2. The molecule has 0 atom stereocenters. The molecule has 1 fully saturated rings. The fourth-order valence-electron chi connectivity index (χ4n) is 2.33. The minimum absolute atomic E-state index is 0.717. The Hall–Kier alpha value is -0.120. The molecule has 1 saturated heterocycles. The molecule has 3 nitrogen and oxygen atoms in total. The fraction of sp³-hybridized carbons (Fsp3) is 1.00. The molecule has 3 heteroatoms. The Morgan fingerprint density at radius 1 is 1.06 bits per heavy atom. The first-order chi connectivity index (χ1) is 7.76. The van der Waals surface area contributed by atoms with Crippen molar-refractivity contribution in [2.45, 2.75) is 39.2 Å². The molecule has 0 aromatic carbocycles. The van der Waals surface area contributed by atoms with Crippen LogP contribution in [-0.2, 0) is 0 Å². The van der Waals surface area contributed by atoms with E-state index in [0.29, 0.717) is 0 Å². The molecule has 1 aliphatic rings. The smallest absolute Gasteiger partial charge is 0.0110 e. The molecule has 0 unspecified atom stereocenters. The third-order valence-electron chi connectivity index (χ3n) is 3.66. The number of rotatable bonds is 6. The van der Waals surface area contributed by atoms with Gasteiger partial charge in [0.05, 0.1) is 0 Å². The first-order valence-corrected chi connectivity index (χ1v) is 6.90. The molecule has 0 aromatic rings. The Morgan fingerprint density at radius 3 is 2.50 bits per heavy atom. The van der Waals surface area contributed by atoms with E-state index in [0.717, 1.165) is 12.6 Å². The highest BCUT2D eigenvalue weighted by Gasteiger charge is 2.11.